The summed E-state index contributed by atoms with van der Waals surface area (Å²) < 4.78 is 0. The highest BCUT2D eigenvalue weighted by molar-refractivity contribution is 5.97. The van der Waals surface area contributed by atoms with E-state index in [4.69, 9.17) is 5.73 Å². The molecule has 0 bridgehead atoms. The first-order valence-electron chi connectivity index (χ1n) is 9.15. The summed E-state index contributed by atoms with van der Waals surface area (Å²) in [5, 5.41) is 14.2. The number of fused-ring (bicyclic) bond motifs is 1. The van der Waals surface area contributed by atoms with Gasteiger partial charge in [-0.25, -0.2) is 14.8 Å². The molecule has 0 saturated carbocycles. The molecule has 1 aromatic carbocycles. The Labute approximate surface area is 174 Å². The van der Waals surface area contributed by atoms with Crippen molar-refractivity contribution in [2.75, 3.05) is 5.73 Å². The number of anilines is 1. The van der Waals surface area contributed by atoms with E-state index in [0.717, 1.165) is 11.8 Å². The second kappa shape index (κ2) is 8.98. The van der Waals surface area contributed by atoms with Gasteiger partial charge in [-0.1, -0.05) is 30.3 Å². The fraction of sp³-hybridized carbons (Fsp3) is 0.211. The van der Waals surface area contributed by atoms with E-state index in [9.17, 15) is 24.3 Å². The number of hydrogen-bond donors (Lipinski definition) is 5. The van der Waals surface area contributed by atoms with Crippen molar-refractivity contribution in [2.24, 2.45) is 0 Å². The molecule has 0 aliphatic heterocycles. The summed E-state index contributed by atoms with van der Waals surface area (Å²) in [5.74, 6) is -2.84. The van der Waals surface area contributed by atoms with Crippen LogP contribution in [0, 0.1) is 0 Å². The minimum atomic E-state index is -1.20. The number of carboxylic acids is 1. The highest BCUT2D eigenvalue weighted by Crippen LogP contribution is 2.05. The molecule has 2 atom stereocenters. The third kappa shape index (κ3) is 5.18. The Hall–Kier alpha value is -4.35. The molecule has 0 aliphatic carbocycles. The van der Waals surface area contributed by atoms with E-state index in [1.807, 2.05) is 0 Å². The predicted octanol–water partition coefficient (Wildman–Crippen LogP) is -0.774. The molecule has 12 nitrogen and oxygen atoms in total. The van der Waals surface area contributed by atoms with Gasteiger partial charge in [0, 0.05) is 6.42 Å². The normalized spacial score (nSPS) is 12.7. The summed E-state index contributed by atoms with van der Waals surface area (Å²) in [6.45, 7) is 1.39. The van der Waals surface area contributed by atoms with E-state index in [0.29, 0.717) is 0 Å². The zero-order valence-electron chi connectivity index (χ0n) is 16.3. The van der Waals surface area contributed by atoms with Crippen LogP contribution in [-0.4, -0.2) is 54.9 Å². The molecule has 2 amide bonds. The Morgan fingerprint density at radius 3 is 2.55 bits per heavy atom. The summed E-state index contributed by atoms with van der Waals surface area (Å²) in [6, 6.07) is 6.58. The Balaban J connectivity index is 1.68. The van der Waals surface area contributed by atoms with Crippen LogP contribution in [0.1, 0.15) is 23.0 Å². The van der Waals surface area contributed by atoms with Crippen LogP contribution in [0.2, 0.25) is 0 Å². The summed E-state index contributed by atoms with van der Waals surface area (Å²) >= 11 is 0. The van der Waals surface area contributed by atoms with Crippen LogP contribution in [0.4, 0.5) is 5.95 Å². The number of aliphatic carboxylic acids is 1. The Bertz CT molecular complexity index is 1200. The second-order valence-electron chi connectivity index (χ2n) is 6.66. The molecular formula is C19H19N7O5. The van der Waals surface area contributed by atoms with Crippen LogP contribution in [-0.2, 0) is 16.0 Å². The lowest BCUT2D eigenvalue weighted by Gasteiger charge is -2.18. The number of nitrogens with two attached hydrogens (primary N) is 1. The lowest BCUT2D eigenvalue weighted by molar-refractivity contribution is -0.142. The Morgan fingerprint density at radius 2 is 1.87 bits per heavy atom. The summed E-state index contributed by atoms with van der Waals surface area (Å²) in [4.78, 5) is 62.0. The molecule has 0 radical (unpaired) electrons. The SMILES string of the molecule is C[C@H](NC(=O)c1cnc2c(=O)[nH]c(N)nc2n1)C(=O)N[C@@H](Cc1ccccc1)C(=O)O. The third-order valence-corrected chi connectivity index (χ3v) is 4.31. The number of carbonyl (C=O) groups is 3. The van der Waals surface area contributed by atoms with Gasteiger partial charge in [-0.3, -0.25) is 19.4 Å². The molecule has 2 heterocycles. The first kappa shape index (κ1) is 21.4. The minimum Gasteiger partial charge on any atom is -0.480 e. The third-order valence-electron chi connectivity index (χ3n) is 4.31. The quantitative estimate of drug-likeness (QED) is 0.323. The first-order valence-corrected chi connectivity index (χ1v) is 9.15. The van der Waals surface area contributed by atoms with Crippen molar-refractivity contribution < 1.29 is 19.5 Å². The average Bonchev–Trinajstić information content (AvgIpc) is 2.73. The smallest absolute Gasteiger partial charge is 0.326 e. The number of nitrogen functional groups attached to an aromatic ring is 1. The number of carbonyl (C=O) groups excluding carboxylic acids is 2. The average molecular weight is 425 g/mol. The van der Waals surface area contributed by atoms with Crippen LogP contribution in [0.25, 0.3) is 11.2 Å². The van der Waals surface area contributed by atoms with E-state index in [1.165, 1.54) is 6.92 Å². The summed E-state index contributed by atoms with van der Waals surface area (Å²) in [6.07, 6.45) is 1.14. The monoisotopic (exact) mass is 425 g/mol. The molecule has 160 valence electrons. The van der Waals surface area contributed by atoms with Gasteiger partial charge in [-0.05, 0) is 12.5 Å². The number of nitrogens with one attached hydrogen (secondary N) is 3. The van der Waals surface area contributed by atoms with Crippen LogP contribution < -0.4 is 21.9 Å². The fourth-order valence-electron chi connectivity index (χ4n) is 2.73. The van der Waals surface area contributed by atoms with E-state index >= 15 is 0 Å². The van der Waals surface area contributed by atoms with Crippen LogP contribution >= 0.6 is 0 Å². The standard InChI is InChI=1S/C19H19N7O5/c1-9(15(27)24-11(18(30)31)7-10-5-3-2-4-6-10)22-16(28)12-8-21-13-14(23-12)25-19(20)26-17(13)29/h2-6,8-9,11H,7H2,1H3,(H,22,28)(H,24,27)(H,30,31)(H3,20,23,25,26,29)/t9-,11-/m0/s1. The lowest BCUT2D eigenvalue weighted by Crippen LogP contribution is -2.51. The fourth-order valence-corrected chi connectivity index (χ4v) is 2.73. The van der Waals surface area contributed by atoms with Gasteiger partial charge in [0.15, 0.2) is 11.2 Å². The summed E-state index contributed by atoms with van der Waals surface area (Å²) in [5.41, 5.74) is 5.18. The van der Waals surface area contributed by atoms with Crippen molar-refractivity contribution in [3.05, 3.63) is 58.1 Å². The van der Waals surface area contributed by atoms with Crippen molar-refractivity contribution >= 4 is 34.9 Å². The predicted molar refractivity (Wildman–Crippen MR) is 109 cm³/mol. The molecule has 0 fully saturated rings. The summed E-state index contributed by atoms with van der Waals surface area (Å²) in [7, 11) is 0. The lowest BCUT2D eigenvalue weighted by atomic mass is 10.1. The Kier molecular flexibility index (Phi) is 6.19. The number of nitrogens with zero attached hydrogens (tertiary/aromatic N) is 3. The maximum Gasteiger partial charge on any atom is 0.326 e. The number of H-pyrrole nitrogens is 1. The molecule has 0 saturated heterocycles. The molecule has 6 N–H and O–H groups in total. The topological polar surface area (TPSA) is 193 Å². The maximum atomic E-state index is 12.4. The van der Waals surface area contributed by atoms with Crippen molar-refractivity contribution in [2.45, 2.75) is 25.4 Å². The molecule has 12 heteroatoms. The first-order chi connectivity index (χ1) is 14.7. The van der Waals surface area contributed by atoms with Gasteiger partial charge in [-0.15, -0.1) is 0 Å². The van der Waals surface area contributed by atoms with Crippen LogP contribution in [0.5, 0.6) is 0 Å². The van der Waals surface area contributed by atoms with Gasteiger partial charge >= 0.3 is 5.97 Å². The molecule has 31 heavy (non-hydrogen) atoms. The number of aromatic nitrogens is 4. The van der Waals surface area contributed by atoms with Crippen molar-refractivity contribution in [1.29, 1.82) is 0 Å². The molecule has 3 rings (SSSR count). The number of carboxylic acid groups (broad SMARTS) is 1. The molecule has 3 aromatic rings. The van der Waals surface area contributed by atoms with Crippen molar-refractivity contribution in [1.82, 2.24) is 30.6 Å². The van der Waals surface area contributed by atoms with Gasteiger partial charge in [0.1, 0.15) is 17.8 Å². The highest BCUT2D eigenvalue weighted by Gasteiger charge is 2.25. The largest absolute Gasteiger partial charge is 0.480 e. The van der Waals surface area contributed by atoms with E-state index in [-0.39, 0.29) is 29.2 Å². The van der Waals surface area contributed by atoms with Gasteiger partial charge < -0.3 is 21.5 Å². The number of amides is 2. The number of aromatic amines is 1. The zero-order valence-corrected chi connectivity index (χ0v) is 16.3. The van der Waals surface area contributed by atoms with Crippen LogP contribution in [0.15, 0.2) is 41.3 Å². The van der Waals surface area contributed by atoms with E-state index in [2.05, 4.69) is 30.6 Å². The molecular weight excluding hydrogens is 406 g/mol. The van der Waals surface area contributed by atoms with Gasteiger partial charge in [0.25, 0.3) is 11.5 Å². The van der Waals surface area contributed by atoms with Crippen molar-refractivity contribution in [3.8, 4) is 0 Å². The molecule has 2 aromatic heterocycles. The van der Waals surface area contributed by atoms with Gasteiger partial charge in [-0.2, -0.15) is 4.98 Å². The van der Waals surface area contributed by atoms with Gasteiger partial charge in [0.05, 0.1) is 6.20 Å². The van der Waals surface area contributed by atoms with E-state index < -0.39 is 35.4 Å². The van der Waals surface area contributed by atoms with Crippen molar-refractivity contribution in [3.63, 3.8) is 0 Å². The highest BCUT2D eigenvalue weighted by atomic mass is 16.4. The van der Waals surface area contributed by atoms with Gasteiger partial charge in [0.2, 0.25) is 11.9 Å². The molecule has 0 spiro atoms. The minimum absolute atomic E-state index is 0.0837. The molecule has 0 unspecified atom stereocenters. The number of rotatable bonds is 7. The Morgan fingerprint density at radius 1 is 1.16 bits per heavy atom. The van der Waals surface area contributed by atoms with E-state index in [1.54, 1.807) is 30.3 Å². The number of hydrogen-bond acceptors (Lipinski definition) is 8. The molecule has 0 aliphatic rings. The zero-order chi connectivity index (χ0) is 22.5. The number of benzene rings is 1. The maximum absolute atomic E-state index is 12.4. The second-order valence-corrected chi connectivity index (χ2v) is 6.66. The van der Waals surface area contributed by atoms with Crippen LogP contribution in [0.3, 0.4) is 0 Å².